The molecule has 14 heavy (non-hydrogen) atoms. The number of carboxylic acids is 1. The summed E-state index contributed by atoms with van der Waals surface area (Å²) in [6.07, 6.45) is 5.91. The Bertz CT molecular complexity index is 379. The second-order valence-electron chi connectivity index (χ2n) is 2.64. The van der Waals surface area contributed by atoms with Crippen molar-refractivity contribution in [2.24, 2.45) is 0 Å². The lowest BCUT2D eigenvalue weighted by molar-refractivity contribution is -0.136. The number of hydrogen-bond acceptors (Lipinski definition) is 2. The van der Waals surface area contributed by atoms with E-state index in [2.05, 4.69) is 4.98 Å². The summed E-state index contributed by atoms with van der Waals surface area (Å²) in [5.41, 5.74) is 0.998. The first-order valence-electron chi connectivity index (χ1n) is 4.33. The molecule has 0 saturated heterocycles. The number of imidazole rings is 1. The van der Waals surface area contributed by atoms with Crippen LogP contribution < -0.4 is 0 Å². The molecule has 2 heterocycles. The number of carbonyl (C=O) groups is 1. The van der Waals surface area contributed by atoms with Gasteiger partial charge in [0.1, 0.15) is 5.65 Å². The molecular weight excluding hydrogens is 180 g/mol. The van der Waals surface area contributed by atoms with Crippen LogP contribution in [-0.2, 0) is 4.79 Å². The molecule has 0 atom stereocenters. The largest absolute Gasteiger partial charge is 0.481 e. The Labute approximate surface area is 81.8 Å². The summed E-state index contributed by atoms with van der Waals surface area (Å²) in [4.78, 5) is 13.4. The summed E-state index contributed by atoms with van der Waals surface area (Å²) < 4.78 is 1.97. The zero-order valence-corrected chi connectivity index (χ0v) is 7.92. The number of fused-ring (bicyclic) bond motifs is 1. The Morgan fingerprint density at radius 2 is 2.21 bits per heavy atom. The van der Waals surface area contributed by atoms with E-state index >= 15 is 0 Å². The average Bonchev–Trinajstić information content (AvgIpc) is 2.66. The summed E-state index contributed by atoms with van der Waals surface area (Å²) in [6, 6.07) is 5.93. The molecule has 0 bridgehead atoms. The fourth-order valence-electron chi connectivity index (χ4n) is 0.864. The summed E-state index contributed by atoms with van der Waals surface area (Å²) in [5.74, 6) is -0.745. The Morgan fingerprint density at radius 3 is 2.79 bits per heavy atom. The maximum Gasteiger partial charge on any atom is 0.303 e. The summed E-state index contributed by atoms with van der Waals surface area (Å²) in [6.45, 7) is 1.60. The standard InChI is InChI=1S/C7H6N2.C3H6O2/c1-2-5-9-6-4-8-7(9)3-1;1-2-3(4)5/h1-6H;2H2,1H3,(H,4,5). The van der Waals surface area contributed by atoms with Crippen LogP contribution in [0.15, 0.2) is 36.8 Å². The average molecular weight is 192 g/mol. The van der Waals surface area contributed by atoms with Crippen LogP contribution in [0.5, 0.6) is 0 Å². The van der Waals surface area contributed by atoms with E-state index in [0.717, 1.165) is 5.65 Å². The monoisotopic (exact) mass is 192 g/mol. The fourth-order valence-corrected chi connectivity index (χ4v) is 0.864. The van der Waals surface area contributed by atoms with Crippen LogP contribution in [0.2, 0.25) is 0 Å². The maximum absolute atomic E-state index is 9.37. The molecule has 2 rings (SSSR count). The number of hydrogen-bond donors (Lipinski definition) is 1. The molecule has 0 unspecified atom stereocenters. The van der Waals surface area contributed by atoms with Crippen molar-refractivity contribution in [3.63, 3.8) is 0 Å². The minimum atomic E-state index is -0.745. The number of rotatable bonds is 1. The van der Waals surface area contributed by atoms with Gasteiger partial charge in [0.05, 0.1) is 0 Å². The SMILES string of the molecule is CCC(=O)O.c1ccn2ccnc2c1. The number of aromatic nitrogens is 2. The molecule has 0 fully saturated rings. The third-order valence-electron chi connectivity index (χ3n) is 1.60. The van der Waals surface area contributed by atoms with Gasteiger partial charge in [0.15, 0.2) is 0 Å². The number of carboxylic acid groups (broad SMARTS) is 1. The first-order valence-corrected chi connectivity index (χ1v) is 4.33. The molecule has 0 aliphatic carbocycles. The van der Waals surface area contributed by atoms with Gasteiger partial charge in [-0.15, -0.1) is 0 Å². The minimum Gasteiger partial charge on any atom is -0.481 e. The Hall–Kier alpha value is -1.84. The molecule has 0 aliphatic heterocycles. The van der Waals surface area contributed by atoms with Crippen LogP contribution in [0.4, 0.5) is 0 Å². The molecule has 2 aromatic rings. The molecule has 0 saturated carbocycles. The van der Waals surface area contributed by atoms with Crippen molar-refractivity contribution in [2.45, 2.75) is 13.3 Å². The lowest BCUT2D eigenvalue weighted by Gasteiger charge is -1.86. The Kier molecular flexibility index (Phi) is 3.67. The zero-order valence-electron chi connectivity index (χ0n) is 7.92. The van der Waals surface area contributed by atoms with Gasteiger partial charge in [-0.25, -0.2) is 4.98 Å². The van der Waals surface area contributed by atoms with Gasteiger partial charge < -0.3 is 9.51 Å². The smallest absolute Gasteiger partial charge is 0.303 e. The molecule has 0 spiro atoms. The number of pyridine rings is 1. The Morgan fingerprint density at radius 1 is 1.50 bits per heavy atom. The summed E-state index contributed by atoms with van der Waals surface area (Å²) in [5, 5.41) is 7.72. The van der Waals surface area contributed by atoms with Gasteiger partial charge in [-0.1, -0.05) is 13.0 Å². The molecule has 0 aliphatic rings. The molecule has 74 valence electrons. The van der Waals surface area contributed by atoms with Gasteiger partial charge in [-0.05, 0) is 12.1 Å². The van der Waals surface area contributed by atoms with Crippen molar-refractivity contribution in [1.29, 1.82) is 0 Å². The van der Waals surface area contributed by atoms with Gasteiger partial charge in [-0.3, -0.25) is 4.79 Å². The first-order chi connectivity index (χ1) is 6.74. The third-order valence-corrected chi connectivity index (χ3v) is 1.60. The molecule has 0 amide bonds. The maximum atomic E-state index is 9.37. The van der Waals surface area contributed by atoms with E-state index in [9.17, 15) is 4.79 Å². The highest BCUT2D eigenvalue weighted by Crippen LogP contribution is 1.96. The molecule has 1 N–H and O–H groups in total. The normalized spacial score (nSPS) is 9.21. The van der Waals surface area contributed by atoms with E-state index in [0.29, 0.717) is 0 Å². The highest BCUT2D eigenvalue weighted by Gasteiger charge is 1.85. The topological polar surface area (TPSA) is 54.6 Å². The van der Waals surface area contributed by atoms with Crippen LogP contribution in [0.25, 0.3) is 5.65 Å². The minimum absolute atomic E-state index is 0.222. The van der Waals surface area contributed by atoms with Gasteiger partial charge in [-0.2, -0.15) is 0 Å². The Balaban J connectivity index is 0.000000171. The van der Waals surface area contributed by atoms with Gasteiger partial charge in [0.25, 0.3) is 0 Å². The van der Waals surface area contributed by atoms with Crippen molar-refractivity contribution in [3.05, 3.63) is 36.8 Å². The molecule has 4 heteroatoms. The second kappa shape index (κ2) is 5.01. The summed E-state index contributed by atoms with van der Waals surface area (Å²) in [7, 11) is 0. The highest BCUT2D eigenvalue weighted by molar-refractivity contribution is 5.66. The van der Waals surface area contributed by atoms with Crippen LogP contribution in [0, 0.1) is 0 Å². The van der Waals surface area contributed by atoms with E-state index in [4.69, 9.17) is 5.11 Å². The number of nitrogens with zero attached hydrogens (tertiary/aromatic N) is 2. The van der Waals surface area contributed by atoms with Crippen LogP contribution in [0.1, 0.15) is 13.3 Å². The predicted molar refractivity (Wildman–Crippen MR) is 53.1 cm³/mol. The van der Waals surface area contributed by atoms with Crippen LogP contribution in [-0.4, -0.2) is 20.5 Å². The van der Waals surface area contributed by atoms with Crippen LogP contribution >= 0.6 is 0 Å². The van der Waals surface area contributed by atoms with Crippen LogP contribution in [0.3, 0.4) is 0 Å². The van der Waals surface area contributed by atoms with E-state index in [1.165, 1.54) is 0 Å². The lowest BCUT2D eigenvalue weighted by Crippen LogP contribution is -1.86. The van der Waals surface area contributed by atoms with Crippen molar-refractivity contribution in [2.75, 3.05) is 0 Å². The molecule has 0 radical (unpaired) electrons. The molecule has 0 aromatic carbocycles. The lowest BCUT2D eigenvalue weighted by atomic mass is 10.5. The van der Waals surface area contributed by atoms with Gasteiger partial charge >= 0.3 is 5.97 Å². The van der Waals surface area contributed by atoms with Gasteiger partial charge in [0, 0.05) is 25.0 Å². The van der Waals surface area contributed by atoms with Crippen molar-refractivity contribution >= 4 is 11.6 Å². The van der Waals surface area contributed by atoms with E-state index in [1.807, 2.05) is 35.0 Å². The first kappa shape index (κ1) is 10.2. The van der Waals surface area contributed by atoms with Gasteiger partial charge in [0.2, 0.25) is 0 Å². The van der Waals surface area contributed by atoms with Crippen molar-refractivity contribution in [3.8, 4) is 0 Å². The van der Waals surface area contributed by atoms with Crippen molar-refractivity contribution in [1.82, 2.24) is 9.38 Å². The highest BCUT2D eigenvalue weighted by atomic mass is 16.4. The van der Waals surface area contributed by atoms with E-state index in [1.54, 1.807) is 13.1 Å². The molecule has 2 aromatic heterocycles. The number of aliphatic carboxylic acids is 1. The fraction of sp³-hybridized carbons (Fsp3) is 0.200. The molecule has 4 nitrogen and oxygen atoms in total. The zero-order chi connectivity index (χ0) is 10.4. The predicted octanol–water partition coefficient (Wildman–Crippen LogP) is 1.82. The second-order valence-corrected chi connectivity index (χ2v) is 2.64. The molecular formula is C10H12N2O2. The van der Waals surface area contributed by atoms with Crippen molar-refractivity contribution < 1.29 is 9.90 Å². The third kappa shape index (κ3) is 2.90. The summed E-state index contributed by atoms with van der Waals surface area (Å²) >= 11 is 0. The van der Waals surface area contributed by atoms with E-state index < -0.39 is 5.97 Å². The van der Waals surface area contributed by atoms with E-state index in [-0.39, 0.29) is 6.42 Å². The quantitative estimate of drug-likeness (QED) is 0.749.